The number of nitrogens with zero attached hydrogens (tertiary/aromatic N) is 5. The Hall–Kier alpha value is -2.59. The maximum absolute atomic E-state index is 12.1. The number of aromatic nitrogens is 4. The van der Waals surface area contributed by atoms with Gasteiger partial charge in [0.1, 0.15) is 18.7 Å². The molecule has 5 N–H and O–H groups in total. The zero-order valence-corrected chi connectivity index (χ0v) is 11.5. The second-order valence-corrected chi connectivity index (χ2v) is 4.49. The number of anilines is 1. The second-order valence-electron chi connectivity index (χ2n) is 4.49. The molecule has 2 amide bonds. The number of hydrogen-bond acceptors (Lipinski definition) is 7. The van der Waals surface area contributed by atoms with E-state index in [0.29, 0.717) is 0 Å². The van der Waals surface area contributed by atoms with Gasteiger partial charge in [-0.15, -0.1) is 0 Å². The fourth-order valence-electron chi connectivity index (χ4n) is 1.76. The molecule has 2 rings (SSSR count). The van der Waals surface area contributed by atoms with Gasteiger partial charge in [-0.3, -0.25) is 9.69 Å². The third kappa shape index (κ3) is 2.53. The number of hydrogen-bond donors (Lipinski definition) is 3. The Kier molecular flexibility index (Phi) is 3.82. The third-order valence-electron chi connectivity index (χ3n) is 3.00. The van der Waals surface area contributed by atoms with Crippen molar-refractivity contribution in [2.75, 3.05) is 11.9 Å². The molecule has 21 heavy (non-hydrogen) atoms. The van der Waals surface area contributed by atoms with E-state index in [-0.39, 0.29) is 17.0 Å². The maximum atomic E-state index is 12.1. The average molecular weight is 293 g/mol. The molecule has 0 unspecified atom stereocenters. The molecule has 0 aliphatic rings. The standard InChI is InChI=1S/C11H15N7O3/c1-5(19)6(12)10(20)17(2)8-7-9(15-3-14-8)18(4-16-7)11(13)21/h3-6,19H,12H2,1-2H3,(H2,13,21)/t5-,6+/m1/s1. The molecule has 2 aromatic rings. The number of carbonyl (C=O) groups is 2. The van der Waals surface area contributed by atoms with E-state index < -0.39 is 24.1 Å². The van der Waals surface area contributed by atoms with E-state index in [4.69, 9.17) is 11.5 Å². The largest absolute Gasteiger partial charge is 0.391 e. The van der Waals surface area contributed by atoms with Crippen LogP contribution in [0.3, 0.4) is 0 Å². The van der Waals surface area contributed by atoms with Crippen molar-refractivity contribution in [3.63, 3.8) is 0 Å². The monoisotopic (exact) mass is 293 g/mol. The summed E-state index contributed by atoms with van der Waals surface area (Å²) >= 11 is 0. The fraction of sp³-hybridized carbons (Fsp3) is 0.364. The van der Waals surface area contributed by atoms with E-state index in [1.807, 2.05) is 0 Å². The number of imidazole rings is 1. The summed E-state index contributed by atoms with van der Waals surface area (Å²) in [5, 5.41) is 9.39. The van der Waals surface area contributed by atoms with Crippen LogP contribution in [-0.4, -0.2) is 55.8 Å². The number of rotatable bonds is 3. The first-order chi connectivity index (χ1) is 9.84. The van der Waals surface area contributed by atoms with Crippen LogP contribution < -0.4 is 16.4 Å². The predicted molar refractivity (Wildman–Crippen MR) is 73.4 cm³/mol. The third-order valence-corrected chi connectivity index (χ3v) is 3.00. The minimum Gasteiger partial charge on any atom is -0.391 e. The van der Waals surface area contributed by atoms with Crippen LogP contribution in [0.15, 0.2) is 12.7 Å². The van der Waals surface area contributed by atoms with E-state index in [1.165, 1.54) is 26.6 Å². The molecule has 0 radical (unpaired) electrons. The molecule has 10 nitrogen and oxygen atoms in total. The summed E-state index contributed by atoms with van der Waals surface area (Å²) in [6.45, 7) is 1.41. The molecule has 2 atom stereocenters. The van der Waals surface area contributed by atoms with Gasteiger partial charge in [-0.25, -0.2) is 24.3 Å². The van der Waals surface area contributed by atoms with E-state index in [9.17, 15) is 14.7 Å². The van der Waals surface area contributed by atoms with E-state index in [2.05, 4.69) is 15.0 Å². The molecule has 10 heteroatoms. The molecule has 0 aromatic carbocycles. The highest BCUT2D eigenvalue weighted by molar-refractivity contribution is 6.02. The minimum atomic E-state index is -1.10. The van der Waals surface area contributed by atoms with Gasteiger partial charge in [0.25, 0.3) is 0 Å². The Morgan fingerprint density at radius 2 is 2.05 bits per heavy atom. The molecule has 0 saturated heterocycles. The van der Waals surface area contributed by atoms with E-state index >= 15 is 0 Å². The summed E-state index contributed by atoms with van der Waals surface area (Å²) < 4.78 is 1.04. The normalized spacial score (nSPS) is 13.9. The summed E-state index contributed by atoms with van der Waals surface area (Å²) in [6, 6.07) is -1.85. The SMILES string of the molecule is C[C@@H](O)[C@H](N)C(=O)N(C)c1ncnc2c1ncn2C(N)=O. The molecule has 0 spiro atoms. The number of primary amides is 1. The first-order valence-electron chi connectivity index (χ1n) is 6.03. The van der Waals surface area contributed by atoms with Crippen LogP contribution in [0.4, 0.5) is 10.6 Å². The number of aliphatic hydroxyl groups excluding tert-OH is 1. The summed E-state index contributed by atoms with van der Waals surface area (Å²) in [5.41, 5.74) is 11.2. The molecular formula is C11H15N7O3. The lowest BCUT2D eigenvalue weighted by atomic mass is 10.2. The van der Waals surface area contributed by atoms with Crippen LogP contribution in [0, 0.1) is 0 Å². The first kappa shape index (κ1) is 14.8. The Morgan fingerprint density at radius 1 is 1.38 bits per heavy atom. The minimum absolute atomic E-state index is 0.168. The maximum Gasteiger partial charge on any atom is 0.325 e. The highest BCUT2D eigenvalue weighted by atomic mass is 16.3. The smallest absolute Gasteiger partial charge is 0.325 e. The average Bonchev–Trinajstić information content (AvgIpc) is 2.88. The highest BCUT2D eigenvalue weighted by Gasteiger charge is 2.26. The van der Waals surface area contributed by atoms with Crippen molar-refractivity contribution in [1.82, 2.24) is 19.5 Å². The van der Waals surface area contributed by atoms with Gasteiger partial charge in [0.2, 0.25) is 5.91 Å². The number of amides is 2. The lowest BCUT2D eigenvalue weighted by Gasteiger charge is -2.21. The molecule has 2 aromatic heterocycles. The molecule has 0 fully saturated rings. The quantitative estimate of drug-likeness (QED) is 0.617. The molecule has 0 aliphatic heterocycles. The van der Waals surface area contributed by atoms with Crippen LogP contribution in [0.25, 0.3) is 11.2 Å². The van der Waals surface area contributed by atoms with Gasteiger partial charge in [-0.2, -0.15) is 0 Å². The Morgan fingerprint density at radius 3 is 2.62 bits per heavy atom. The Labute approximate surface area is 119 Å². The summed E-state index contributed by atoms with van der Waals surface area (Å²) in [6.07, 6.45) is 1.36. The molecular weight excluding hydrogens is 278 g/mol. The van der Waals surface area contributed by atoms with Crippen molar-refractivity contribution < 1.29 is 14.7 Å². The van der Waals surface area contributed by atoms with Crippen molar-refractivity contribution in [2.24, 2.45) is 11.5 Å². The van der Waals surface area contributed by atoms with Gasteiger partial charge in [-0.05, 0) is 6.92 Å². The number of nitrogens with two attached hydrogens (primary N) is 2. The van der Waals surface area contributed by atoms with Crippen molar-refractivity contribution in [2.45, 2.75) is 19.1 Å². The van der Waals surface area contributed by atoms with Crippen LogP contribution in [0.2, 0.25) is 0 Å². The van der Waals surface area contributed by atoms with Gasteiger partial charge in [0.05, 0.1) is 6.10 Å². The van der Waals surface area contributed by atoms with Crippen LogP contribution in [0.1, 0.15) is 6.92 Å². The number of fused-ring (bicyclic) bond motifs is 1. The summed E-state index contributed by atoms with van der Waals surface area (Å²) in [5.74, 6) is -0.375. The molecule has 0 aliphatic carbocycles. The van der Waals surface area contributed by atoms with Crippen LogP contribution >= 0.6 is 0 Å². The lowest BCUT2D eigenvalue weighted by molar-refractivity contribution is -0.121. The second kappa shape index (κ2) is 5.42. The zero-order chi connectivity index (χ0) is 15.7. The first-order valence-corrected chi connectivity index (χ1v) is 6.03. The fourth-order valence-corrected chi connectivity index (χ4v) is 1.76. The zero-order valence-electron chi connectivity index (χ0n) is 11.5. The number of carbonyl (C=O) groups excluding carboxylic acids is 2. The van der Waals surface area contributed by atoms with Crippen LogP contribution in [0.5, 0.6) is 0 Å². The predicted octanol–water partition coefficient (Wildman–Crippen LogP) is -1.58. The van der Waals surface area contributed by atoms with Crippen LogP contribution in [-0.2, 0) is 4.79 Å². The van der Waals surface area contributed by atoms with Gasteiger partial charge < -0.3 is 16.6 Å². The van der Waals surface area contributed by atoms with Crippen molar-refractivity contribution >= 4 is 28.9 Å². The Balaban J connectivity index is 2.47. The highest BCUT2D eigenvalue weighted by Crippen LogP contribution is 2.20. The topological polar surface area (TPSA) is 153 Å². The summed E-state index contributed by atoms with van der Waals surface area (Å²) in [4.78, 5) is 36.4. The Bertz CT molecular complexity index is 696. The van der Waals surface area contributed by atoms with Gasteiger partial charge >= 0.3 is 6.03 Å². The van der Waals surface area contributed by atoms with E-state index in [0.717, 1.165) is 9.47 Å². The molecule has 112 valence electrons. The van der Waals surface area contributed by atoms with Gasteiger partial charge in [-0.1, -0.05) is 0 Å². The van der Waals surface area contributed by atoms with E-state index in [1.54, 1.807) is 0 Å². The van der Waals surface area contributed by atoms with Gasteiger partial charge in [0.15, 0.2) is 17.0 Å². The van der Waals surface area contributed by atoms with Gasteiger partial charge in [0, 0.05) is 7.05 Å². The van der Waals surface area contributed by atoms with Crippen molar-refractivity contribution in [1.29, 1.82) is 0 Å². The number of likely N-dealkylation sites (N-methyl/N-ethyl adjacent to an activating group) is 1. The van der Waals surface area contributed by atoms with Crippen molar-refractivity contribution in [3.05, 3.63) is 12.7 Å². The number of aliphatic hydroxyl groups is 1. The molecule has 2 heterocycles. The summed E-state index contributed by atoms with van der Waals surface area (Å²) in [7, 11) is 1.44. The molecule has 0 bridgehead atoms. The lowest BCUT2D eigenvalue weighted by Crippen LogP contribution is -2.48. The van der Waals surface area contributed by atoms with Crippen molar-refractivity contribution in [3.8, 4) is 0 Å². The molecule has 0 saturated carbocycles.